The van der Waals surface area contributed by atoms with E-state index in [1.54, 1.807) is 18.2 Å². The van der Waals surface area contributed by atoms with Crippen molar-refractivity contribution in [2.75, 3.05) is 12.0 Å². The maximum Gasteiger partial charge on any atom is 0.258 e. The monoisotopic (exact) mass is 243 g/mol. The molecule has 0 spiro atoms. The van der Waals surface area contributed by atoms with Gasteiger partial charge in [-0.05, 0) is 24.6 Å². The van der Waals surface area contributed by atoms with Crippen LogP contribution in [0.5, 0.6) is 5.75 Å². The number of hydrogen-bond donors (Lipinski definition) is 0. The average Bonchev–Trinajstić information content (AvgIpc) is 2.68. The number of rotatable bonds is 3. The molecule has 0 aliphatic carbocycles. The van der Waals surface area contributed by atoms with Gasteiger partial charge in [0.1, 0.15) is 5.75 Å². The van der Waals surface area contributed by atoms with Crippen LogP contribution < -0.4 is 9.64 Å². The minimum atomic E-state index is -0.360. The molecule has 0 atom stereocenters. The normalized spacial score (nSPS) is 14.2. The number of nitrogens with zero attached hydrogens (tertiary/aromatic N) is 1. The highest BCUT2D eigenvalue weighted by molar-refractivity contribution is 6.28. The van der Waals surface area contributed by atoms with Gasteiger partial charge in [-0.15, -0.1) is 0 Å². The first kappa shape index (κ1) is 12.1. The summed E-state index contributed by atoms with van der Waals surface area (Å²) < 4.78 is 5.23. The lowest BCUT2D eigenvalue weighted by Gasteiger charge is -2.18. The molecule has 1 heterocycles. The molecular weight excluding hydrogens is 230 g/mol. The van der Waals surface area contributed by atoms with Gasteiger partial charge in [-0.25, -0.2) is 4.90 Å². The van der Waals surface area contributed by atoms with Gasteiger partial charge in [0.05, 0.1) is 12.8 Å². The van der Waals surface area contributed by atoms with Gasteiger partial charge in [0.15, 0.2) is 0 Å². The number of allylic oxidation sites excluding steroid dienone is 1. The minimum absolute atomic E-state index is 0.360. The molecule has 0 unspecified atom stereocenters. The van der Waals surface area contributed by atoms with Gasteiger partial charge in [0, 0.05) is 12.2 Å². The molecule has 0 saturated carbocycles. The summed E-state index contributed by atoms with van der Waals surface area (Å²) >= 11 is 0. The van der Waals surface area contributed by atoms with E-state index >= 15 is 0 Å². The molecule has 1 aromatic carbocycles. The molecule has 18 heavy (non-hydrogen) atoms. The summed E-state index contributed by atoms with van der Waals surface area (Å²) in [6.07, 6.45) is 2.49. The maximum absolute atomic E-state index is 11.6. The van der Waals surface area contributed by atoms with Gasteiger partial charge in [0.2, 0.25) is 0 Å². The predicted octanol–water partition coefficient (Wildman–Crippen LogP) is 2.16. The van der Waals surface area contributed by atoms with Crippen LogP contribution >= 0.6 is 0 Å². The fourth-order valence-electron chi connectivity index (χ4n) is 1.77. The lowest BCUT2D eigenvalue weighted by molar-refractivity contribution is -0.120. The number of imide groups is 1. The van der Waals surface area contributed by atoms with Crippen LogP contribution in [-0.2, 0) is 9.59 Å². The van der Waals surface area contributed by atoms with Crippen LogP contribution in [0, 0.1) is 0 Å². The smallest absolute Gasteiger partial charge is 0.258 e. The Bertz CT molecular complexity index is 554. The quantitative estimate of drug-likeness (QED) is 0.764. The van der Waals surface area contributed by atoms with Crippen molar-refractivity contribution >= 4 is 23.1 Å². The molecule has 0 radical (unpaired) electrons. The third-order valence-corrected chi connectivity index (χ3v) is 2.72. The van der Waals surface area contributed by atoms with Crippen molar-refractivity contribution in [2.24, 2.45) is 0 Å². The molecule has 0 bridgehead atoms. The van der Waals surface area contributed by atoms with Crippen LogP contribution in [0.1, 0.15) is 12.5 Å². The first-order valence-electron chi connectivity index (χ1n) is 5.44. The van der Waals surface area contributed by atoms with Gasteiger partial charge in [-0.2, -0.15) is 0 Å². The van der Waals surface area contributed by atoms with E-state index in [9.17, 15) is 9.59 Å². The van der Waals surface area contributed by atoms with Crippen molar-refractivity contribution in [1.29, 1.82) is 0 Å². The molecular formula is C14H13NO3. The summed E-state index contributed by atoms with van der Waals surface area (Å²) in [6.45, 7) is 5.72. The lowest BCUT2D eigenvalue weighted by atomic mass is 10.1. The van der Waals surface area contributed by atoms with Gasteiger partial charge >= 0.3 is 0 Å². The number of anilines is 1. The first-order chi connectivity index (χ1) is 8.54. The second-order valence-corrected chi connectivity index (χ2v) is 4.01. The summed E-state index contributed by atoms with van der Waals surface area (Å²) in [6, 6.07) is 5.25. The molecule has 1 aromatic rings. The second-order valence-electron chi connectivity index (χ2n) is 4.01. The zero-order valence-electron chi connectivity index (χ0n) is 10.3. The van der Waals surface area contributed by atoms with Crippen LogP contribution in [0.2, 0.25) is 0 Å². The Kier molecular flexibility index (Phi) is 3.02. The standard InChI is InChI=1S/C14H13NO3/c1-9(2)10-4-5-11(12(8-10)18-3)15-13(16)6-7-14(15)17/h4-8H,1H2,2-3H3. The largest absolute Gasteiger partial charge is 0.495 e. The van der Waals surface area contributed by atoms with Crippen molar-refractivity contribution in [3.05, 3.63) is 42.5 Å². The van der Waals surface area contributed by atoms with E-state index in [0.29, 0.717) is 11.4 Å². The average molecular weight is 243 g/mol. The number of hydrogen-bond acceptors (Lipinski definition) is 3. The molecule has 92 valence electrons. The van der Waals surface area contributed by atoms with E-state index in [0.717, 1.165) is 16.0 Å². The molecule has 2 rings (SSSR count). The van der Waals surface area contributed by atoms with Gasteiger partial charge in [-0.1, -0.05) is 18.2 Å². The molecule has 0 N–H and O–H groups in total. The van der Waals surface area contributed by atoms with Crippen LogP contribution in [0.4, 0.5) is 5.69 Å². The number of benzene rings is 1. The maximum atomic E-state index is 11.6. The molecule has 0 fully saturated rings. The van der Waals surface area contributed by atoms with Crippen molar-refractivity contribution in [3.8, 4) is 5.75 Å². The van der Waals surface area contributed by atoms with Crippen LogP contribution in [0.25, 0.3) is 5.57 Å². The molecule has 1 aliphatic rings. The topological polar surface area (TPSA) is 46.6 Å². The molecule has 1 aliphatic heterocycles. The third kappa shape index (κ3) is 1.93. The summed E-state index contributed by atoms with van der Waals surface area (Å²) in [5.41, 5.74) is 2.24. The number of methoxy groups -OCH3 is 1. The minimum Gasteiger partial charge on any atom is -0.495 e. The van der Waals surface area contributed by atoms with Crippen molar-refractivity contribution in [2.45, 2.75) is 6.92 Å². The first-order valence-corrected chi connectivity index (χ1v) is 5.44. The van der Waals surface area contributed by atoms with E-state index < -0.39 is 0 Å². The summed E-state index contributed by atoms with van der Waals surface area (Å²) in [5.74, 6) is -0.247. The Morgan fingerprint density at radius 3 is 2.33 bits per heavy atom. The zero-order valence-corrected chi connectivity index (χ0v) is 10.3. The Balaban J connectivity index is 2.48. The number of carbonyl (C=O) groups excluding carboxylic acids is 2. The predicted molar refractivity (Wildman–Crippen MR) is 69.3 cm³/mol. The highest BCUT2D eigenvalue weighted by Crippen LogP contribution is 2.32. The fourth-order valence-corrected chi connectivity index (χ4v) is 1.77. The number of carbonyl (C=O) groups is 2. The van der Waals surface area contributed by atoms with E-state index in [-0.39, 0.29) is 11.8 Å². The van der Waals surface area contributed by atoms with E-state index in [4.69, 9.17) is 4.74 Å². The lowest BCUT2D eigenvalue weighted by Crippen LogP contribution is -2.29. The van der Waals surface area contributed by atoms with Gasteiger partial charge < -0.3 is 4.74 Å². The summed E-state index contributed by atoms with van der Waals surface area (Å²) in [4.78, 5) is 24.3. The number of amides is 2. The fraction of sp³-hybridized carbons (Fsp3) is 0.143. The van der Waals surface area contributed by atoms with E-state index in [1.807, 2.05) is 6.92 Å². The van der Waals surface area contributed by atoms with Gasteiger partial charge in [0.25, 0.3) is 11.8 Å². The van der Waals surface area contributed by atoms with Crippen molar-refractivity contribution in [3.63, 3.8) is 0 Å². The summed E-state index contributed by atoms with van der Waals surface area (Å²) in [7, 11) is 1.50. The van der Waals surface area contributed by atoms with Crippen LogP contribution in [-0.4, -0.2) is 18.9 Å². The highest BCUT2D eigenvalue weighted by atomic mass is 16.5. The SMILES string of the molecule is C=C(C)c1ccc(N2C(=O)C=CC2=O)c(OC)c1. The summed E-state index contributed by atoms with van der Waals surface area (Å²) in [5, 5.41) is 0. The van der Waals surface area contributed by atoms with E-state index in [2.05, 4.69) is 6.58 Å². The number of ether oxygens (including phenoxy) is 1. The zero-order chi connectivity index (χ0) is 13.3. The van der Waals surface area contributed by atoms with Crippen LogP contribution in [0.15, 0.2) is 36.9 Å². The Morgan fingerprint density at radius 2 is 1.83 bits per heavy atom. The Hall–Kier alpha value is -2.36. The van der Waals surface area contributed by atoms with Gasteiger partial charge in [-0.3, -0.25) is 9.59 Å². The third-order valence-electron chi connectivity index (χ3n) is 2.72. The van der Waals surface area contributed by atoms with E-state index in [1.165, 1.54) is 19.3 Å². The van der Waals surface area contributed by atoms with Crippen molar-refractivity contribution < 1.29 is 14.3 Å². The van der Waals surface area contributed by atoms with Crippen LogP contribution in [0.3, 0.4) is 0 Å². The molecule has 4 nitrogen and oxygen atoms in total. The Labute approximate surface area is 105 Å². The molecule has 4 heteroatoms. The Morgan fingerprint density at radius 1 is 1.22 bits per heavy atom. The molecule has 2 amide bonds. The highest BCUT2D eigenvalue weighted by Gasteiger charge is 2.27. The van der Waals surface area contributed by atoms with Crippen molar-refractivity contribution in [1.82, 2.24) is 0 Å². The molecule has 0 saturated heterocycles. The second kappa shape index (κ2) is 4.49. The molecule has 0 aromatic heterocycles.